The van der Waals surface area contributed by atoms with E-state index in [1.54, 1.807) is 31.4 Å². The van der Waals surface area contributed by atoms with Crippen molar-refractivity contribution < 1.29 is 23.4 Å². The Bertz CT molecular complexity index is 895. The molecule has 1 fully saturated rings. The van der Waals surface area contributed by atoms with Crippen LogP contribution >= 0.6 is 0 Å². The number of carbonyl (C=O) groups excluding carboxylic acids is 1. The number of hydrogen-bond acceptors (Lipinski definition) is 5. The number of carbonyl (C=O) groups is 1. The molecule has 0 aliphatic carbocycles. The summed E-state index contributed by atoms with van der Waals surface area (Å²) in [6.07, 6.45) is 0.983. The molecule has 1 heterocycles. The number of ether oxygens (including phenoxy) is 3. The van der Waals surface area contributed by atoms with Gasteiger partial charge >= 0.3 is 0 Å². The number of methoxy groups -OCH3 is 1. The summed E-state index contributed by atoms with van der Waals surface area (Å²) in [7, 11) is 1.59. The zero-order valence-corrected chi connectivity index (χ0v) is 19.2. The third-order valence-electron chi connectivity index (χ3n) is 6.14. The minimum absolute atomic E-state index is 0.175. The van der Waals surface area contributed by atoms with E-state index in [1.165, 1.54) is 12.1 Å². The first-order valence-electron chi connectivity index (χ1n) is 11.2. The van der Waals surface area contributed by atoms with E-state index in [0.717, 1.165) is 19.6 Å². The molecule has 1 amide bonds. The Labute approximate surface area is 189 Å². The second-order valence-corrected chi connectivity index (χ2v) is 7.90. The van der Waals surface area contributed by atoms with Crippen molar-refractivity contribution in [2.45, 2.75) is 32.1 Å². The second-order valence-electron chi connectivity index (χ2n) is 7.90. The molecule has 1 aliphatic rings. The van der Waals surface area contributed by atoms with Gasteiger partial charge in [0.1, 0.15) is 12.4 Å². The first kappa shape index (κ1) is 24.0. The van der Waals surface area contributed by atoms with Crippen LogP contribution < -0.4 is 14.8 Å². The highest BCUT2D eigenvalue weighted by Crippen LogP contribution is 2.37. The maximum atomic E-state index is 13.9. The van der Waals surface area contributed by atoms with Crippen molar-refractivity contribution in [3.63, 3.8) is 0 Å². The average molecular weight is 445 g/mol. The summed E-state index contributed by atoms with van der Waals surface area (Å²) in [6.45, 7) is 8.36. The van der Waals surface area contributed by atoms with E-state index in [-0.39, 0.29) is 11.7 Å². The highest BCUT2D eigenvalue weighted by Gasteiger charge is 2.42. The number of nitrogens with one attached hydrogen (secondary N) is 1. The van der Waals surface area contributed by atoms with Gasteiger partial charge in [0.15, 0.2) is 11.5 Å². The molecule has 6 nitrogen and oxygen atoms in total. The summed E-state index contributed by atoms with van der Waals surface area (Å²) in [5.74, 6) is 0.651. The van der Waals surface area contributed by atoms with E-state index in [0.29, 0.717) is 55.4 Å². The number of hydrogen-bond donors (Lipinski definition) is 1. The number of halogens is 1. The van der Waals surface area contributed by atoms with Crippen LogP contribution in [0.1, 0.15) is 32.3 Å². The first-order chi connectivity index (χ1) is 15.5. The third-order valence-corrected chi connectivity index (χ3v) is 6.14. The first-order valence-corrected chi connectivity index (χ1v) is 11.2. The fourth-order valence-corrected chi connectivity index (χ4v) is 4.10. The number of likely N-dealkylation sites (N-methyl/N-ethyl adjacent to an activating group) is 1. The standard InChI is InChI=1S/C25H33FN2O4/c1-4-28(5-2)13-16-32-23-18-21(9-10-22(23)30-3)27-24(29)25(11-14-31-15-12-25)19-7-6-8-20(26)17-19/h6-10,17-18H,4-5,11-16H2,1-3H3,(H,27,29). The summed E-state index contributed by atoms with van der Waals surface area (Å²) < 4.78 is 30.8. The Morgan fingerprint density at radius 1 is 1.12 bits per heavy atom. The third kappa shape index (κ3) is 5.58. The summed E-state index contributed by atoms with van der Waals surface area (Å²) in [5, 5.41) is 3.02. The van der Waals surface area contributed by atoms with E-state index < -0.39 is 5.41 Å². The molecule has 2 aromatic carbocycles. The molecule has 174 valence electrons. The number of rotatable bonds is 10. The van der Waals surface area contributed by atoms with Gasteiger partial charge in [-0.25, -0.2) is 4.39 Å². The lowest BCUT2D eigenvalue weighted by atomic mass is 9.73. The number of benzene rings is 2. The normalized spacial score (nSPS) is 15.4. The zero-order chi connectivity index (χ0) is 23.0. The van der Waals surface area contributed by atoms with Gasteiger partial charge in [-0.1, -0.05) is 26.0 Å². The van der Waals surface area contributed by atoms with Gasteiger partial charge in [-0.3, -0.25) is 4.79 Å². The van der Waals surface area contributed by atoms with Crippen molar-refractivity contribution in [2.75, 3.05) is 51.9 Å². The molecule has 0 aromatic heterocycles. The lowest BCUT2D eigenvalue weighted by Gasteiger charge is -2.36. The van der Waals surface area contributed by atoms with Crippen molar-refractivity contribution in [3.05, 3.63) is 53.8 Å². The fraction of sp³-hybridized carbons (Fsp3) is 0.480. The molecule has 0 atom stereocenters. The Kier molecular flexibility index (Phi) is 8.47. The van der Waals surface area contributed by atoms with Crippen LogP contribution in [0.2, 0.25) is 0 Å². The highest BCUT2D eigenvalue weighted by atomic mass is 19.1. The minimum atomic E-state index is -0.843. The molecule has 0 spiro atoms. The van der Waals surface area contributed by atoms with E-state index >= 15 is 0 Å². The van der Waals surface area contributed by atoms with Gasteiger partial charge in [0.05, 0.1) is 12.5 Å². The van der Waals surface area contributed by atoms with Crippen LogP contribution in [0.5, 0.6) is 11.5 Å². The number of nitrogens with zero attached hydrogens (tertiary/aromatic N) is 1. The lowest BCUT2D eigenvalue weighted by molar-refractivity contribution is -0.125. The molecule has 3 rings (SSSR count). The SMILES string of the molecule is CCN(CC)CCOc1cc(NC(=O)C2(c3cccc(F)c3)CCOCC2)ccc1OC. The van der Waals surface area contributed by atoms with Crippen LogP contribution in [0.15, 0.2) is 42.5 Å². The van der Waals surface area contributed by atoms with E-state index in [4.69, 9.17) is 14.2 Å². The quantitative estimate of drug-likeness (QED) is 0.594. The average Bonchev–Trinajstić information content (AvgIpc) is 2.82. The topological polar surface area (TPSA) is 60.0 Å². The van der Waals surface area contributed by atoms with Crippen molar-refractivity contribution in [1.29, 1.82) is 0 Å². The Morgan fingerprint density at radius 3 is 2.53 bits per heavy atom. The minimum Gasteiger partial charge on any atom is -0.493 e. The van der Waals surface area contributed by atoms with Crippen molar-refractivity contribution >= 4 is 11.6 Å². The number of amides is 1. The molecule has 0 saturated carbocycles. The summed E-state index contributed by atoms with van der Waals surface area (Å²) in [4.78, 5) is 15.8. The molecular formula is C25H33FN2O4. The predicted molar refractivity (Wildman–Crippen MR) is 123 cm³/mol. The van der Waals surface area contributed by atoms with Crippen LogP contribution in [0, 0.1) is 5.82 Å². The maximum absolute atomic E-state index is 13.9. The maximum Gasteiger partial charge on any atom is 0.235 e. The monoisotopic (exact) mass is 444 g/mol. The van der Waals surface area contributed by atoms with Gasteiger partial charge in [0, 0.05) is 31.5 Å². The fourth-order valence-electron chi connectivity index (χ4n) is 4.10. The Balaban J connectivity index is 1.79. The summed E-state index contributed by atoms with van der Waals surface area (Å²) in [5.41, 5.74) is 0.433. The molecule has 7 heteroatoms. The van der Waals surface area contributed by atoms with Crippen molar-refractivity contribution in [3.8, 4) is 11.5 Å². The summed E-state index contributed by atoms with van der Waals surface area (Å²) >= 11 is 0. The van der Waals surface area contributed by atoms with Gasteiger partial charge in [-0.05, 0) is 55.8 Å². The lowest BCUT2D eigenvalue weighted by Crippen LogP contribution is -2.44. The van der Waals surface area contributed by atoms with Crippen LogP contribution in [-0.4, -0.2) is 57.4 Å². The van der Waals surface area contributed by atoms with Crippen LogP contribution in [0.3, 0.4) is 0 Å². The smallest absolute Gasteiger partial charge is 0.235 e. The van der Waals surface area contributed by atoms with Crippen molar-refractivity contribution in [1.82, 2.24) is 4.90 Å². The van der Waals surface area contributed by atoms with Gasteiger partial charge in [-0.15, -0.1) is 0 Å². The largest absolute Gasteiger partial charge is 0.493 e. The molecule has 0 bridgehead atoms. The van der Waals surface area contributed by atoms with Gasteiger partial charge in [-0.2, -0.15) is 0 Å². The molecule has 2 aromatic rings. The van der Waals surface area contributed by atoms with E-state index in [2.05, 4.69) is 24.1 Å². The molecule has 1 N–H and O–H groups in total. The van der Waals surface area contributed by atoms with E-state index in [9.17, 15) is 9.18 Å². The number of anilines is 1. The van der Waals surface area contributed by atoms with Crippen molar-refractivity contribution in [2.24, 2.45) is 0 Å². The second kappa shape index (κ2) is 11.3. The molecular weight excluding hydrogens is 411 g/mol. The molecule has 0 radical (unpaired) electrons. The van der Waals surface area contributed by atoms with Gasteiger partial charge in [0.2, 0.25) is 5.91 Å². The highest BCUT2D eigenvalue weighted by molar-refractivity contribution is 5.99. The van der Waals surface area contributed by atoms with Gasteiger partial charge < -0.3 is 24.4 Å². The summed E-state index contributed by atoms with van der Waals surface area (Å²) in [6, 6.07) is 11.6. The molecule has 0 unspecified atom stereocenters. The van der Waals surface area contributed by atoms with Crippen LogP contribution in [0.25, 0.3) is 0 Å². The van der Waals surface area contributed by atoms with Crippen LogP contribution in [-0.2, 0) is 14.9 Å². The molecule has 1 saturated heterocycles. The van der Waals surface area contributed by atoms with E-state index in [1.807, 2.05) is 6.07 Å². The van der Waals surface area contributed by atoms with Crippen LogP contribution in [0.4, 0.5) is 10.1 Å². The Morgan fingerprint density at radius 2 is 1.88 bits per heavy atom. The Hall–Kier alpha value is -2.64. The molecule has 1 aliphatic heterocycles. The molecule has 32 heavy (non-hydrogen) atoms. The zero-order valence-electron chi connectivity index (χ0n) is 19.2. The van der Waals surface area contributed by atoms with Gasteiger partial charge in [0.25, 0.3) is 0 Å². The predicted octanol–water partition coefficient (Wildman–Crippen LogP) is 4.24.